The van der Waals surface area contributed by atoms with Crippen LogP contribution in [0.2, 0.25) is 0 Å². The van der Waals surface area contributed by atoms with Gasteiger partial charge in [0.1, 0.15) is 5.75 Å². The molecule has 2 aromatic carbocycles. The summed E-state index contributed by atoms with van der Waals surface area (Å²) < 4.78 is 5.44. The fourth-order valence-electron chi connectivity index (χ4n) is 8.00. The third kappa shape index (κ3) is 3.88. The minimum absolute atomic E-state index is 0.00153. The normalized spacial score (nSPS) is 27.7. The maximum absolute atomic E-state index is 14.5. The number of benzene rings is 2. The number of hydrogen-bond donors (Lipinski definition) is 0. The van der Waals surface area contributed by atoms with Crippen molar-refractivity contribution >= 4 is 11.7 Å². The smallest absolute Gasteiger partial charge is 0.325 e. The first-order valence-corrected chi connectivity index (χ1v) is 14.4. The Balaban J connectivity index is 1.59. The highest BCUT2D eigenvalue weighted by molar-refractivity contribution is 5.98. The number of ether oxygens (including phenoxy) is 1. The van der Waals surface area contributed by atoms with Crippen LogP contribution in [-0.4, -0.2) is 54.7 Å². The van der Waals surface area contributed by atoms with Crippen LogP contribution in [0.1, 0.15) is 77.2 Å². The molecule has 2 amide bonds. The zero-order valence-corrected chi connectivity index (χ0v) is 23.5. The van der Waals surface area contributed by atoms with Crippen LogP contribution in [0, 0.1) is 5.92 Å². The number of anilines is 1. The van der Waals surface area contributed by atoms with Crippen LogP contribution < -0.4 is 9.64 Å². The van der Waals surface area contributed by atoms with Crippen LogP contribution in [0.3, 0.4) is 0 Å². The minimum Gasteiger partial charge on any atom is -0.497 e. The van der Waals surface area contributed by atoms with Gasteiger partial charge in [-0.15, -0.1) is 0 Å². The van der Waals surface area contributed by atoms with Gasteiger partial charge in [0.2, 0.25) is 0 Å². The molecule has 5 heteroatoms. The summed E-state index contributed by atoms with van der Waals surface area (Å²) in [5.74, 6) is 1.46. The minimum atomic E-state index is -0.239. The lowest BCUT2D eigenvalue weighted by molar-refractivity contribution is -0.0215. The molecule has 37 heavy (non-hydrogen) atoms. The van der Waals surface area contributed by atoms with E-state index in [1.165, 1.54) is 24.8 Å². The number of urea groups is 1. The van der Waals surface area contributed by atoms with E-state index in [1.54, 1.807) is 7.11 Å². The van der Waals surface area contributed by atoms with E-state index in [1.807, 2.05) is 12.1 Å². The summed E-state index contributed by atoms with van der Waals surface area (Å²) in [5, 5.41) is 0. The molecule has 1 heterocycles. The Morgan fingerprint density at radius 3 is 2.03 bits per heavy atom. The van der Waals surface area contributed by atoms with E-state index in [2.05, 4.69) is 85.1 Å². The summed E-state index contributed by atoms with van der Waals surface area (Å²) in [7, 11) is 6.15. The Bertz CT molecular complexity index is 1060. The average molecular weight is 504 g/mol. The first kappa shape index (κ1) is 26.1. The third-order valence-corrected chi connectivity index (χ3v) is 10.5. The van der Waals surface area contributed by atoms with Crippen LogP contribution >= 0.6 is 0 Å². The monoisotopic (exact) mass is 503 g/mol. The molecule has 1 aliphatic heterocycles. The summed E-state index contributed by atoms with van der Waals surface area (Å²) in [6, 6.07) is 19.4. The predicted octanol–water partition coefficient (Wildman–Crippen LogP) is 7.07. The SMILES string of the molecule is CCC1(CC)N(c2ccc(OC)cc2)C(=O)N(CC2CCC2)[C@]12CC[C@](c1ccccc1)(N(C)C)CC2. The zero-order valence-electron chi connectivity index (χ0n) is 23.5. The Kier molecular flexibility index (Phi) is 7.04. The molecule has 2 aromatic rings. The molecule has 0 N–H and O–H groups in total. The van der Waals surface area contributed by atoms with Gasteiger partial charge in [-0.05, 0) is 101 Å². The number of carbonyl (C=O) groups excluding carboxylic acids is 1. The number of methoxy groups -OCH3 is 1. The molecule has 5 nitrogen and oxygen atoms in total. The van der Waals surface area contributed by atoms with Crippen LogP contribution in [0.25, 0.3) is 0 Å². The molecule has 1 saturated heterocycles. The van der Waals surface area contributed by atoms with Crippen LogP contribution in [0.5, 0.6) is 5.75 Å². The molecule has 5 rings (SSSR count). The number of carbonyl (C=O) groups is 1. The van der Waals surface area contributed by atoms with Crippen molar-refractivity contribution in [2.45, 2.75) is 88.3 Å². The summed E-state index contributed by atoms with van der Waals surface area (Å²) in [4.78, 5) is 21.5. The van der Waals surface area contributed by atoms with Crippen LogP contribution in [0.4, 0.5) is 10.5 Å². The van der Waals surface area contributed by atoms with E-state index < -0.39 is 0 Å². The van der Waals surface area contributed by atoms with Crippen LogP contribution in [-0.2, 0) is 5.54 Å². The largest absolute Gasteiger partial charge is 0.497 e. The van der Waals surface area contributed by atoms with Gasteiger partial charge >= 0.3 is 6.03 Å². The fraction of sp³-hybridized carbons (Fsp3) is 0.594. The first-order valence-electron chi connectivity index (χ1n) is 14.4. The van der Waals surface area contributed by atoms with E-state index in [0.29, 0.717) is 5.92 Å². The second-order valence-electron chi connectivity index (χ2n) is 11.8. The van der Waals surface area contributed by atoms with Crippen molar-refractivity contribution in [3.05, 3.63) is 60.2 Å². The second kappa shape index (κ2) is 9.98. The van der Waals surface area contributed by atoms with Crippen molar-refractivity contribution in [2.75, 3.05) is 32.6 Å². The fourth-order valence-corrected chi connectivity index (χ4v) is 8.00. The molecule has 0 radical (unpaired) electrons. The summed E-state index contributed by atoms with van der Waals surface area (Å²) >= 11 is 0. The average Bonchev–Trinajstić information content (AvgIpc) is 3.10. The molecule has 0 aromatic heterocycles. The molecule has 3 fully saturated rings. The van der Waals surface area contributed by atoms with Gasteiger partial charge in [-0.3, -0.25) is 9.80 Å². The quantitative estimate of drug-likeness (QED) is 0.387. The molecule has 2 saturated carbocycles. The molecule has 2 aliphatic carbocycles. The van der Waals surface area contributed by atoms with Gasteiger partial charge in [0, 0.05) is 17.8 Å². The van der Waals surface area contributed by atoms with Crippen molar-refractivity contribution in [3.63, 3.8) is 0 Å². The van der Waals surface area contributed by atoms with Crippen LogP contribution in [0.15, 0.2) is 54.6 Å². The van der Waals surface area contributed by atoms with Gasteiger partial charge in [-0.25, -0.2) is 4.79 Å². The van der Waals surface area contributed by atoms with Gasteiger partial charge in [0.15, 0.2) is 0 Å². The summed E-state index contributed by atoms with van der Waals surface area (Å²) in [5.41, 5.74) is 1.99. The van der Waals surface area contributed by atoms with E-state index in [-0.39, 0.29) is 22.6 Å². The predicted molar refractivity (Wildman–Crippen MR) is 151 cm³/mol. The lowest BCUT2D eigenvalue weighted by atomic mass is 9.59. The van der Waals surface area contributed by atoms with E-state index in [9.17, 15) is 4.79 Å². The number of hydrogen-bond acceptors (Lipinski definition) is 3. The Hall–Kier alpha value is -2.53. The van der Waals surface area contributed by atoms with E-state index in [4.69, 9.17) is 4.74 Å². The van der Waals surface area contributed by atoms with E-state index in [0.717, 1.165) is 56.5 Å². The number of amides is 2. The Morgan fingerprint density at radius 1 is 0.919 bits per heavy atom. The van der Waals surface area contributed by atoms with Gasteiger partial charge < -0.3 is 9.64 Å². The van der Waals surface area contributed by atoms with Crippen molar-refractivity contribution in [1.29, 1.82) is 0 Å². The van der Waals surface area contributed by atoms with E-state index >= 15 is 0 Å². The summed E-state index contributed by atoms with van der Waals surface area (Å²) in [6.45, 7) is 5.49. The highest BCUT2D eigenvalue weighted by Crippen LogP contribution is 2.58. The Morgan fingerprint density at radius 2 is 1.54 bits per heavy atom. The Labute approximate surface area is 223 Å². The molecule has 3 aliphatic rings. The molecule has 0 unspecified atom stereocenters. The van der Waals surface area contributed by atoms with Gasteiger partial charge in [0.05, 0.1) is 18.2 Å². The maximum atomic E-state index is 14.5. The topological polar surface area (TPSA) is 36.0 Å². The standard InChI is InChI=1S/C32H45N3O2/c1-6-31(7-2)32(22-20-30(21-23-32,33(3)4)26-14-9-8-10-15-26)34(24-25-12-11-13-25)29(36)35(31)27-16-18-28(37-5)19-17-27/h8-10,14-19,25H,6-7,11-13,20-24H2,1-5H3/t30-,32-. The van der Waals surface area contributed by atoms with Gasteiger partial charge in [-0.2, -0.15) is 0 Å². The van der Waals surface area contributed by atoms with Crippen molar-refractivity contribution in [1.82, 2.24) is 9.80 Å². The molecular weight excluding hydrogens is 458 g/mol. The van der Waals surface area contributed by atoms with Gasteiger partial charge in [-0.1, -0.05) is 50.6 Å². The van der Waals surface area contributed by atoms with Crippen molar-refractivity contribution in [3.8, 4) is 5.75 Å². The molecule has 200 valence electrons. The molecular formula is C32H45N3O2. The maximum Gasteiger partial charge on any atom is 0.325 e. The first-order chi connectivity index (χ1) is 17.9. The zero-order chi connectivity index (χ0) is 26.3. The van der Waals surface area contributed by atoms with Crippen molar-refractivity contribution in [2.24, 2.45) is 5.92 Å². The van der Waals surface area contributed by atoms with Crippen molar-refractivity contribution < 1.29 is 9.53 Å². The lowest BCUT2D eigenvalue weighted by Crippen LogP contribution is -2.65. The highest BCUT2D eigenvalue weighted by atomic mass is 16.5. The van der Waals surface area contributed by atoms with Gasteiger partial charge in [0.25, 0.3) is 0 Å². The molecule has 1 spiro atoms. The molecule has 0 atom stereocenters. The molecule has 0 bridgehead atoms. The lowest BCUT2D eigenvalue weighted by Gasteiger charge is -2.57. The third-order valence-electron chi connectivity index (χ3n) is 10.5. The summed E-state index contributed by atoms with van der Waals surface area (Å²) in [6.07, 6.45) is 9.84. The highest BCUT2D eigenvalue weighted by Gasteiger charge is 2.67. The second-order valence-corrected chi connectivity index (χ2v) is 11.8. The number of rotatable bonds is 8. The number of nitrogens with zero attached hydrogens (tertiary/aromatic N) is 3.